The molecule has 1 N–H and O–H groups in total. The van der Waals surface area contributed by atoms with Gasteiger partial charge in [-0.3, -0.25) is 14.6 Å². The van der Waals surface area contributed by atoms with Gasteiger partial charge in [0.15, 0.2) is 0 Å². The van der Waals surface area contributed by atoms with E-state index in [9.17, 15) is 9.59 Å². The van der Waals surface area contributed by atoms with E-state index in [4.69, 9.17) is 11.6 Å². The lowest BCUT2D eigenvalue weighted by Gasteiger charge is -2.37. The zero-order valence-corrected chi connectivity index (χ0v) is 12.3. The quantitative estimate of drug-likeness (QED) is 0.872. The summed E-state index contributed by atoms with van der Waals surface area (Å²) in [6.45, 7) is 2.75. The van der Waals surface area contributed by atoms with Gasteiger partial charge in [0.25, 0.3) is 0 Å². The predicted molar refractivity (Wildman–Crippen MR) is 79.2 cm³/mol. The Bertz CT molecular complexity index is 558. The van der Waals surface area contributed by atoms with Gasteiger partial charge in [0, 0.05) is 45.0 Å². The van der Waals surface area contributed by atoms with Gasteiger partial charge < -0.3 is 15.1 Å². The third kappa shape index (κ3) is 2.95. The number of nitrogens with zero attached hydrogens (tertiary/aromatic N) is 3. The first-order valence-electron chi connectivity index (χ1n) is 7.08. The lowest BCUT2D eigenvalue weighted by atomic mass is 10.2. The van der Waals surface area contributed by atoms with E-state index in [1.54, 1.807) is 12.4 Å². The first-order valence-corrected chi connectivity index (χ1v) is 7.45. The maximum atomic E-state index is 12.3. The Hall–Kier alpha value is -1.82. The van der Waals surface area contributed by atoms with Crippen molar-refractivity contribution in [3.8, 4) is 0 Å². The van der Waals surface area contributed by atoms with Crippen LogP contribution in [0.5, 0.6) is 0 Å². The Labute approximate surface area is 128 Å². The molecule has 0 spiro atoms. The number of hydrogen-bond acceptors (Lipinski definition) is 4. The molecule has 0 aliphatic carbocycles. The maximum Gasteiger partial charge on any atom is 0.245 e. The molecule has 6 nitrogen and oxygen atoms in total. The second-order valence-electron chi connectivity index (χ2n) is 5.30. The average molecular weight is 309 g/mol. The van der Waals surface area contributed by atoms with Crippen LogP contribution in [0, 0.1) is 0 Å². The second kappa shape index (κ2) is 5.89. The van der Waals surface area contributed by atoms with Crippen molar-refractivity contribution in [1.29, 1.82) is 0 Å². The van der Waals surface area contributed by atoms with Crippen molar-refractivity contribution in [2.75, 3.05) is 31.1 Å². The highest BCUT2D eigenvalue weighted by atomic mass is 35.5. The van der Waals surface area contributed by atoms with Gasteiger partial charge in [-0.2, -0.15) is 0 Å². The number of carbonyl (C=O) groups excluding carboxylic acids is 2. The van der Waals surface area contributed by atoms with E-state index in [1.807, 2.05) is 11.0 Å². The molecule has 21 heavy (non-hydrogen) atoms. The zero-order chi connectivity index (χ0) is 14.8. The number of halogens is 1. The van der Waals surface area contributed by atoms with Gasteiger partial charge in [0.2, 0.25) is 11.8 Å². The molecule has 1 aromatic heterocycles. The second-order valence-corrected chi connectivity index (χ2v) is 5.71. The van der Waals surface area contributed by atoms with Crippen LogP contribution in [0.2, 0.25) is 5.02 Å². The van der Waals surface area contributed by atoms with Crippen LogP contribution in [-0.2, 0) is 9.59 Å². The Kier molecular flexibility index (Phi) is 3.96. The third-order valence-electron chi connectivity index (χ3n) is 3.98. The van der Waals surface area contributed by atoms with Crippen molar-refractivity contribution in [3.63, 3.8) is 0 Å². The Morgan fingerprint density at radius 2 is 2.10 bits per heavy atom. The van der Waals surface area contributed by atoms with Crippen LogP contribution in [0.4, 0.5) is 5.69 Å². The van der Waals surface area contributed by atoms with E-state index in [-0.39, 0.29) is 17.9 Å². The highest BCUT2D eigenvalue weighted by Crippen LogP contribution is 2.25. The number of piperazine rings is 1. The molecule has 1 atom stereocenters. The van der Waals surface area contributed by atoms with Crippen LogP contribution in [0.3, 0.4) is 0 Å². The number of carbonyl (C=O) groups is 2. The minimum Gasteiger partial charge on any atom is -0.367 e. The summed E-state index contributed by atoms with van der Waals surface area (Å²) in [5.74, 6) is -0.00289. The first-order chi connectivity index (χ1) is 10.1. The van der Waals surface area contributed by atoms with Crippen molar-refractivity contribution < 1.29 is 9.59 Å². The summed E-state index contributed by atoms with van der Waals surface area (Å²) >= 11 is 6.14. The van der Waals surface area contributed by atoms with E-state index < -0.39 is 0 Å². The van der Waals surface area contributed by atoms with Gasteiger partial charge in [-0.15, -0.1) is 0 Å². The van der Waals surface area contributed by atoms with Gasteiger partial charge >= 0.3 is 0 Å². The van der Waals surface area contributed by atoms with Gasteiger partial charge in [-0.25, -0.2) is 0 Å². The number of anilines is 1. The van der Waals surface area contributed by atoms with Crippen molar-refractivity contribution in [2.24, 2.45) is 0 Å². The smallest absolute Gasteiger partial charge is 0.245 e. The van der Waals surface area contributed by atoms with E-state index in [2.05, 4.69) is 15.2 Å². The van der Waals surface area contributed by atoms with Crippen LogP contribution >= 0.6 is 11.6 Å². The molecular weight excluding hydrogens is 292 g/mol. The van der Waals surface area contributed by atoms with E-state index in [1.165, 1.54) is 0 Å². The minimum atomic E-state index is -0.339. The summed E-state index contributed by atoms with van der Waals surface area (Å²) in [7, 11) is 0. The van der Waals surface area contributed by atoms with Crippen LogP contribution in [0.15, 0.2) is 18.5 Å². The molecular formula is C14H17ClN4O2. The molecule has 2 aliphatic rings. The largest absolute Gasteiger partial charge is 0.367 e. The van der Waals surface area contributed by atoms with Gasteiger partial charge in [-0.05, 0) is 12.5 Å². The fourth-order valence-electron chi connectivity index (χ4n) is 2.81. The van der Waals surface area contributed by atoms with Gasteiger partial charge in [-0.1, -0.05) is 11.6 Å². The normalized spacial score (nSPS) is 22.3. The Morgan fingerprint density at radius 3 is 2.71 bits per heavy atom. The summed E-state index contributed by atoms with van der Waals surface area (Å²) < 4.78 is 0. The number of hydrogen-bond donors (Lipinski definition) is 1. The van der Waals surface area contributed by atoms with Crippen LogP contribution in [-0.4, -0.2) is 53.9 Å². The lowest BCUT2D eigenvalue weighted by molar-refractivity contribution is -0.134. The van der Waals surface area contributed by atoms with E-state index in [0.717, 1.165) is 18.8 Å². The standard InChI is InChI=1S/C14H17ClN4O2/c15-10-9-16-4-3-12(10)18-5-7-19(8-6-18)14(21)11-1-2-13(20)17-11/h3-4,9,11H,1-2,5-8H2,(H,17,20)/t11-/m1/s1. The van der Waals surface area contributed by atoms with E-state index >= 15 is 0 Å². The summed E-state index contributed by atoms with van der Waals surface area (Å²) in [6, 6.07) is 1.55. The summed E-state index contributed by atoms with van der Waals surface area (Å²) in [5.41, 5.74) is 0.952. The SMILES string of the molecule is O=C1CC[C@H](C(=O)N2CCN(c3ccncc3Cl)CC2)N1. The van der Waals surface area contributed by atoms with E-state index in [0.29, 0.717) is 31.0 Å². The van der Waals surface area contributed by atoms with Gasteiger partial charge in [0.1, 0.15) is 6.04 Å². The molecule has 0 radical (unpaired) electrons. The molecule has 0 bridgehead atoms. The number of amides is 2. The highest BCUT2D eigenvalue weighted by molar-refractivity contribution is 6.33. The molecule has 7 heteroatoms. The van der Waals surface area contributed by atoms with Crippen molar-refractivity contribution >= 4 is 29.1 Å². The average Bonchev–Trinajstić information content (AvgIpc) is 2.94. The highest BCUT2D eigenvalue weighted by Gasteiger charge is 2.32. The summed E-state index contributed by atoms with van der Waals surface area (Å²) in [5, 5.41) is 3.36. The van der Waals surface area contributed by atoms with Crippen molar-refractivity contribution in [3.05, 3.63) is 23.5 Å². The molecule has 0 saturated carbocycles. The topological polar surface area (TPSA) is 65.5 Å². The Morgan fingerprint density at radius 1 is 1.33 bits per heavy atom. The van der Waals surface area contributed by atoms with Crippen LogP contribution in [0.25, 0.3) is 0 Å². The minimum absolute atomic E-state index is 0.0290. The molecule has 1 aromatic rings. The summed E-state index contributed by atoms with van der Waals surface area (Å²) in [6.07, 6.45) is 4.40. The molecule has 0 aromatic carbocycles. The molecule has 2 fully saturated rings. The number of rotatable bonds is 2. The van der Waals surface area contributed by atoms with Crippen LogP contribution < -0.4 is 10.2 Å². The van der Waals surface area contributed by atoms with Crippen molar-refractivity contribution in [1.82, 2.24) is 15.2 Å². The van der Waals surface area contributed by atoms with Gasteiger partial charge in [0.05, 0.1) is 10.7 Å². The van der Waals surface area contributed by atoms with Crippen LogP contribution in [0.1, 0.15) is 12.8 Å². The zero-order valence-electron chi connectivity index (χ0n) is 11.6. The molecule has 2 saturated heterocycles. The molecule has 0 unspecified atom stereocenters. The monoisotopic (exact) mass is 308 g/mol. The van der Waals surface area contributed by atoms with Crippen molar-refractivity contribution in [2.45, 2.75) is 18.9 Å². The number of pyridine rings is 1. The third-order valence-corrected chi connectivity index (χ3v) is 4.27. The molecule has 2 aliphatic heterocycles. The lowest BCUT2D eigenvalue weighted by Crippen LogP contribution is -2.53. The Balaban J connectivity index is 1.59. The predicted octanol–water partition coefficient (Wildman–Crippen LogP) is 0.662. The number of aromatic nitrogens is 1. The summed E-state index contributed by atoms with van der Waals surface area (Å²) in [4.78, 5) is 31.5. The molecule has 3 heterocycles. The maximum absolute atomic E-state index is 12.3. The molecule has 2 amide bonds. The molecule has 3 rings (SSSR count). The fraction of sp³-hybridized carbons (Fsp3) is 0.500. The number of nitrogens with one attached hydrogen (secondary N) is 1. The molecule has 112 valence electrons. The first kappa shape index (κ1) is 14.1. The fourth-order valence-corrected chi connectivity index (χ4v) is 3.05.